The summed E-state index contributed by atoms with van der Waals surface area (Å²) in [6.45, 7) is 1.79. The Morgan fingerprint density at radius 1 is 1.14 bits per heavy atom. The number of nitrogens with one attached hydrogen (secondary N) is 1. The van der Waals surface area contributed by atoms with Crippen molar-refractivity contribution in [1.29, 1.82) is 0 Å². The lowest BCUT2D eigenvalue weighted by molar-refractivity contribution is -0.115. The van der Waals surface area contributed by atoms with Crippen LogP contribution in [0.25, 0.3) is 10.6 Å². The first-order valence-corrected chi connectivity index (χ1v) is 11.0. The molecule has 1 unspecified atom stereocenters. The molecule has 0 radical (unpaired) electrons. The van der Waals surface area contributed by atoms with E-state index in [-0.39, 0.29) is 11.2 Å². The highest BCUT2D eigenvalue weighted by Crippen LogP contribution is 2.34. The number of nitrogens with zero attached hydrogens (tertiary/aromatic N) is 2. The summed E-state index contributed by atoms with van der Waals surface area (Å²) >= 11 is 3.16. The molecule has 4 rings (SSSR count). The van der Waals surface area contributed by atoms with Gasteiger partial charge in [-0.05, 0) is 12.5 Å². The summed E-state index contributed by atoms with van der Waals surface area (Å²) in [4.78, 5) is 17.7. The van der Waals surface area contributed by atoms with Crippen molar-refractivity contribution in [3.8, 4) is 10.6 Å². The van der Waals surface area contributed by atoms with Gasteiger partial charge in [0.2, 0.25) is 5.91 Å². The largest absolute Gasteiger partial charge is 0.360 e. The summed E-state index contributed by atoms with van der Waals surface area (Å²) in [6, 6.07) is 21.6. The van der Waals surface area contributed by atoms with Crippen molar-refractivity contribution in [3.63, 3.8) is 0 Å². The van der Waals surface area contributed by atoms with E-state index < -0.39 is 0 Å². The molecular formula is C22H19N3O2S2. The van der Waals surface area contributed by atoms with Gasteiger partial charge in [-0.2, -0.15) is 0 Å². The van der Waals surface area contributed by atoms with Crippen molar-refractivity contribution in [1.82, 2.24) is 10.1 Å². The molecule has 0 fully saturated rings. The first-order chi connectivity index (χ1) is 14.2. The smallest absolute Gasteiger partial charge is 0.243 e. The summed E-state index contributed by atoms with van der Waals surface area (Å²) in [5.41, 5.74) is 3.01. The van der Waals surface area contributed by atoms with Gasteiger partial charge in [-0.15, -0.1) is 23.1 Å². The molecule has 0 saturated carbocycles. The SMILES string of the molecule is Cc1cc(NC(=O)C(SCc2csc(-c3ccccc3)n2)c2ccccc2)no1. The number of amides is 1. The van der Waals surface area contributed by atoms with Gasteiger partial charge in [0, 0.05) is 22.8 Å². The molecule has 2 aromatic carbocycles. The summed E-state index contributed by atoms with van der Waals surface area (Å²) < 4.78 is 5.04. The lowest BCUT2D eigenvalue weighted by Gasteiger charge is -2.15. The molecule has 1 atom stereocenters. The number of thiazole rings is 1. The minimum absolute atomic E-state index is 0.131. The number of carbonyl (C=O) groups is 1. The monoisotopic (exact) mass is 421 g/mol. The fourth-order valence-corrected chi connectivity index (χ4v) is 4.80. The van der Waals surface area contributed by atoms with Crippen molar-refractivity contribution < 1.29 is 9.32 Å². The molecule has 146 valence electrons. The van der Waals surface area contributed by atoms with Crippen LogP contribution in [0.1, 0.15) is 22.3 Å². The lowest BCUT2D eigenvalue weighted by Crippen LogP contribution is -2.19. The van der Waals surface area contributed by atoms with Crippen molar-refractivity contribution in [2.45, 2.75) is 17.9 Å². The van der Waals surface area contributed by atoms with Gasteiger partial charge in [-0.1, -0.05) is 65.8 Å². The first kappa shape index (κ1) is 19.4. The van der Waals surface area contributed by atoms with E-state index in [0.717, 1.165) is 21.8 Å². The molecule has 7 heteroatoms. The van der Waals surface area contributed by atoms with Crippen LogP contribution in [0, 0.1) is 6.92 Å². The van der Waals surface area contributed by atoms with Crippen molar-refractivity contribution in [2.24, 2.45) is 0 Å². The zero-order valence-corrected chi connectivity index (χ0v) is 17.4. The van der Waals surface area contributed by atoms with Crippen LogP contribution in [0.5, 0.6) is 0 Å². The lowest BCUT2D eigenvalue weighted by atomic mass is 10.1. The number of aryl methyl sites for hydroxylation is 1. The summed E-state index contributed by atoms with van der Waals surface area (Å²) in [5, 5.41) is 9.36. The van der Waals surface area contributed by atoms with Crippen LogP contribution in [0.2, 0.25) is 0 Å². The molecule has 2 heterocycles. The van der Waals surface area contributed by atoms with E-state index in [4.69, 9.17) is 9.51 Å². The van der Waals surface area contributed by atoms with Crippen LogP contribution in [0.3, 0.4) is 0 Å². The Kier molecular flexibility index (Phi) is 6.07. The summed E-state index contributed by atoms with van der Waals surface area (Å²) in [5.74, 6) is 1.58. The summed E-state index contributed by atoms with van der Waals surface area (Å²) in [7, 11) is 0. The highest BCUT2D eigenvalue weighted by atomic mass is 32.2. The molecule has 1 amide bonds. The first-order valence-electron chi connectivity index (χ1n) is 9.09. The zero-order valence-electron chi connectivity index (χ0n) is 15.7. The highest BCUT2D eigenvalue weighted by molar-refractivity contribution is 7.99. The Balaban J connectivity index is 1.49. The molecular weight excluding hydrogens is 402 g/mol. The number of carbonyl (C=O) groups excluding carboxylic acids is 1. The van der Waals surface area contributed by atoms with Crippen LogP contribution < -0.4 is 5.32 Å². The quantitative estimate of drug-likeness (QED) is 0.413. The van der Waals surface area contributed by atoms with Gasteiger partial charge >= 0.3 is 0 Å². The molecule has 1 N–H and O–H groups in total. The fourth-order valence-electron chi connectivity index (χ4n) is 2.82. The predicted molar refractivity (Wildman–Crippen MR) is 118 cm³/mol. The third-order valence-corrected chi connectivity index (χ3v) is 6.41. The number of benzene rings is 2. The number of anilines is 1. The summed E-state index contributed by atoms with van der Waals surface area (Å²) in [6.07, 6.45) is 0. The molecule has 0 aliphatic carbocycles. The molecule has 5 nitrogen and oxygen atoms in total. The van der Waals surface area contributed by atoms with E-state index in [9.17, 15) is 4.79 Å². The molecule has 0 bridgehead atoms. The molecule has 0 spiro atoms. The van der Waals surface area contributed by atoms with Crippen LogP contribution in [-0.2, 0) is 10.5 Å². The number of thioether (sulfide) groups is 1. The second-order valence-electron chi connectivity index (χ2n) is 6.42. The zero-order chi connectivity index (χ0) is 20.1. The standard InChI is InChI=1S/C22H19N3O2S2/c1-15-12-19(25-27-15)24-21(26)20(16-8-4-2-5-9-16)28-13-18-14-29-22(23-18)17-10-6-3-7-11-17/h2-12,14,20H,13H2,1H3,(H,24,25,26). The Morgan fingerprint density at radius 3 is 2.55 bits per heavy atom. The maximum atomic E-state index is 12.9. The second-order valence-corrected chi connectivity index (χ2v) is 8.38. The molecule has 29 heavy (non-hydrogen) atoms. The third-order valence-electron chi connectivity index (χ3n) is 4.19. The number of rotatable bonds is 7. The highest BCUT2D eigenvalue weighted by Gasteiger charge is 2.23. The van der Waals surface area contributed by atoms with Crippen molar-refractivity contribution in [3.05, 3.63) is 89.1 Å². The van der Waals surface area contributed by atoms with Gasteiger partial charge in [0.1, 0.15) is 16.0 Å². The Bertz CT molecular complexity index is 1080. The van der Waals surface area contributed by atoms with Crippen LogP contribution in [0.15, 0.2) is 76.6 Å². The van der Waals surface area contributed by atoms with Crippen molar-refractivity contribution in [2.75, 3.05) is 5.32 Å². The van der Waals surface area contributed by atoms with Crippen LogP contribution >= 0.6 is 23.1 Å². The van der Waals surface area contributed by atoms with E-state index in [1.54, 1.807) is 36.1 Å². The number of hydrogen-bond acceptors (Lipinski definition) is 6. The van der Waals surface area contributed by atoms with E-state index in [0.29, 0.717) is 17.3 Å². The maximum absolute atomic E-state index is 12.9. The van der Waals surface area contributed by atoms with Gasteiger partial charge in [0.25, 0.3) is 0 Å². The van der Waals surface area contributed by atoms with Gasteiger partial charge in [0.15, 0.2) is 5.82 Å². The molecule has 0 aliphatic rings. The molecule has 4 aromatic rings. The topological polar surface area (TPSA) is 68.0 Å². The molecule has 0 saturated heterocycles. The fraction of sp³-hybridized carbons (Fsp3) is 0.136. The van der Waals surface area contributed by atoms with Gasteiger partial charge in [-0.25, -0.2) is 4.98 Å². The Hall–Kier alpha value is -2.90. The minimum Gasteiger partial charge on any atom is -0.360 e. The predicted octanol–water partition coefficient (Wildman–Crippen LogP) is 5.72. The molecule has 0 aliphatic heterocycles. The van der Waals surface area contributed by atoms with E-state index in [1.807, 2.05) is 48.5 Å². The van der Waals surface area contributed by atoms with Gasteiger partial charge in [0.05, 0.1) is 5.69 Å². The number of aromatic nitrogens is 2. The second kappa shape index (κ2) is 9.07. The van der Waals surface area contributed by atoms with E-state index in [1.165, 1.54) is 0 Å². The number of hydrogen-bond donors (Lipinski definition) is 1. The third kappa shape index (κ3) is 4.93. The Morgan fingerprint density at radius 2 is 1.86 bits per heavy atom. The van der Waals surface area contributed by atoms with Gasteiger partial charge < -0.3 is 9.84 Å². The Labute approximate surface area is 177 Å². The average Bonchev–Trinajstić information content (AvgIpc) is 3.39. The average molecular weight is 422 g/mol. The van der Waals surface area contributed by atoms with Gasteiger partial charge in [-0.3, -0.25) is 4.79 Å². The van der Waals surface area contributed by atoms with Crippen LogP contribution in [-0.4, -0.2) is 16.0 Å². The molecule has 2 aromatic heterocycles. The van der Waals surface area contributed by atoms with E-state index in [2.05, 4.69) is 28.0 Å². The normalized spacial score (nSPS) is 11.9. The van der Waals surface area contributed by atoms with Crippen LogP contribution in [0.4, 0.5) is 5.82 Å². The maximum Gasteiger partial charge on any atom is 0.243 e. The van der Waals surface area contributed by atoms with E-state index >= 15 is 0 Å². The van der Waals surface area contributed by atoms with Crippen molar-refractivity contribution >= 4 is 34.8 Å². The minimum atomic E-state index is -0.380.